The first-order valence-electron chi connectivity index (χ1n) is 41.7. The highest BCUT2D eigenvalue weighted by atomic mass is 16.7. The van der Waals surface area contributed by atoms with Gasteiger partial charge >= 0.3 is 11.9 Å². The van der Waals surface area contributed by atoms with Crippen LogP contribution in [0.4, 0.5) is 56.9 Å². The number of rotatable bonds is 25. The van der Waals surface area contributed by atoms with Gasteiger partial charge in [-0.25, -0.2) is 4.79 Å². The molecule has 4 atom stereocenters. The van der Waals surface area contributed by atoms with E-state index in [1.807, 2.05) is 224 Å². The molecule has 27 nitrogen and oxygen atoms in total. The minimum Gasteiger partial charge on any atom is -0.493 e. The maximum Gasteiger partial charge on any atom is 0.333 e. The van der Waals surface area contributed by atoms with Gasteiger partial charge in [0.25, 0.3) is 35.4 Å². The summed E-state index contributed by atoms with van der Waals surface area (Å²) < 4.78 is 37.3. The molecule has 0 aromatic heterocycles. The molecule has 0 bridgehead atoms. The molecule has 0 radical (unpaired) electrons. The van der Waals surface area contributed by atoms with Crippen molar-refractivity contribution in [1.82, 2.24) is 5.06 Å². The van der Waals surface area contributed by atoms with E-state index >= 15 is 0 Å². The van der Waals surface area contributed by atoms with Gasteiger partial charge in [-0.15, -0.1) is 5.06 Å². The van der Waals surface area contributed by atoms with E-state index in [0.717, 1.165) is 96.2 Å². The molecule has 9 heterocycles. The van der Waals surface area contributed by atoms with Crippen LogP contribution in [0.5, 0.6) is 34.5 Å². The van der Waals surface area contributed by atoms with E-state index < -0.39 is 23.8 Å². The minimum atomic E-state index is -0.840. The highest BCUT2D eigenvalue weighted by Gasteiger charge is 2.42. The number of hydrogen-bond donors (Lipinski definition) is 1. The van der Waals surface area contributed by atoms with Crippen molar-refractivity contribution in [3.63, 3.8) is 0 Å². The fourth-order valence-electron chi connectivity index (χ4n) is 17.7. The Hall–Kier alpha value is -14.8. The second-order valence-electron chi connectivity index (χ2n) is 32.4. The number of carboxylic acid groups (broad SMARTS) is 1. The summed E-state index contributed by atoms with van der Waals surface area (Å²) in [7, 11) is 6.90. The molecule has 648 valence electrons. The molecule has 0 aliphatic carbocycles. The number of ether oxygens (including phenoxy) is 6. The van der Waals surface area contributed by atoms with Crippen molar-refractivity contribution in [2.75, 3.05) is 70.8 Å². The van der Waals surface area contributed by atoms with E-state index in [2.05, 4.69) is 6.07 Å². The van der Waals surface area contributed by atoms with Gasteiger partial charge < -0.3 is 48.2 Å². The second-order valence-corrected chi connectivity index (χ2v) is 32.4. The Bertz CT molecular complexity index is 6220. The van der Waals surface area contributed by atoms with Gasteiger partial charge in [0.15, 0.2) is 23.0 Å². The van der Waals surface area contributed by atoms with Crippen LogP contribution in [-0.4, -0.2) is 148 Å². The molecule has 0 saturated carbocycles. The number of amides is 6. The van der Waals surface area contributed by atoms with Crippen molar-refractivity contribution in [2.45, 2.75) is 144 Å². The van der Waals surface area contributed by atoms with Crippen LogP contribution in [0.2, 0.25) is 0 Å². The first-order valence-corrected chi connectivity index (χ1v) is 41.7. The number of benzene rings is 10. The Morgan fingerprint density at radius 2 is 0.693 bits per heavy atom. The van der Waals surface area contributed by atoms with Gasteiger partial charge in [0.05, 0.1) is 83.4 Å². The molecule has 10 aromatic rings. The molecule has 9 aliphatic rings. The average Bonchev–Trinajstić information content (AvgIpc) is 1.70. The number of hydroxylamine groups is 2. The largest absolute Gasteiger partial charge is 0.493 e. The Balaban J connectivity index is 0.000000185. The molecular formula is C100H97N11O16. The van der Waals surface area contributed by atoms with Crippen molar-refractivity contribution >= 4 is 129 Å². The number of imide groups is 1. The molecule has 19 rings (SSSR count). The molecule has 0 spiro atoms. The number of fused-ring (bicyclic) bond motifs is 16. The molecule has 9 aliphatic heterocycles. The predicted octanol–water partition coefficient (Wildman–Crippen LogP) is 16.9. The topological polar surface area (TPSA) is 294 Å². The van der Waals surface area contributed by atoms with Crippen LogP contribution >= 0.6 is 0 Å². The lowest BCUT2D eigenvalue weighted by molar-refractivity contribution is -0.197. The summed E-state index contributed by atoms with van der Waals surface area (Å²) in [5.41, 5.74) is 18.6. The fraction of sp³-hybridized carbons (Fsp3) is 0.280. The molecule has 1 fully saturated rings. The molecule has 1 saturated heterocycles. The predicted molar refractivity (Wildman–Crippen MR) is 487 cm³/mol. The zero-order chi connectivity index (χ0) is 86.4. The van der Waals surface area contributed by atoms with Crippen LogP contribution in [0.1, 0.15) is 150 Å². The summed E-state index contributed by atoms with van der Waals surface area (Å²) in [5, 5.41) is 9.82. The van der Waals surface area contributed by atoms with Crippen LogP contribution < -0.4 is 57.8 Å². The number of para-hydroxylation sites is 4. The number of aryl methyl sites for hydroxylation is 2. The van der Waals surface area contributed by atoms with Gasteiger partial charge in [-0.2, -0.15) is 0 Å². The summed E-state index contributed by atoms with van der Waals surface area (Å²) in [6, 6.07) is 57.2. The summed E-state index contributed by atoms with van der Waals surface area (Å²) >= 11 is 0. The van der Waals surface area contributed by atoms with Crippen LogP contribution in [0.25, 0.3) is 0 Å². The molecule has 6 amide bonds. The quantitative estimate of drug-likeness (QED) is 0.0520. The maximum absolute atomic E-state index is 14.0. The highest BCUT2D eigenvalue weighted by Crippen LogP contribution is 2.47. The zero-order valence-electron chi connectivity index (χ0n) is 69.7. The van der Waals surface area contributed by atoms with E-state index in [9.17, 15) is 43.5 Å². The van der Waals surface area contributed by atoms with Crippen LogP contribution in [-0.2, 0) is 76.1 Å². The number of carbonyl (C=O) groups is 8. The highest BCUT2D eigenvalue weighted by molar-refractivity contribution is 6.18. The fourth-order valence-corrected chi connectivity index (χ4v) is 17.7. The number of aliphatic imine (C=N–C) groups is 4. The number of carbonyl (C=O) groups excluding carboxylic acids is 7. The normalized spacial score (nSPS) is 17.0. The van der Waals surface area contributed by atoms with Crippen LogP contribution in [0.15, 0.2) is 202 Å². The van der Waals surface area contributed by atoms with Crippen LogP contribution in [0.3, 0.4) is 0 Å². The number of carboxylic acids is 1. The number of hydrogen-bond acceptors (Lipinski definition) is 21. The summed E-state index contributed by atoms with van der Waals surface area (Å²) in [4.78, 5) is 139. The average molecular weight is 1710 g/mol. The van der Waals surface area contributed by atoms with Crippen molar-refractivity contribution in [3.05, 3.63) is 260 Å². The SMILES string of the molecule is C.C.COc1cc2c(cc1OCc1cc(COc3cc4c(cc3C)C(=O)N3c5ccccc5C[C@H]3C=N4)cc(N(C)CCCC(=O)O)c1)N=C[C@@H]1Cc3ccccc3N1C2=O.COc1cc2c(cc1OCc1cc(COc3cc4c(cc3C)C(=O)N3c5ccccc5C[C@H]3C=N4)cc(N(C)CCCC(=O)ON3C(=O)CCC3=O)c1)N=C[C@@H]1Cc3ccccc3N1C2=O. The smallest absolute Gasteiger partial charge is 0.333 e. The Kier molecular flexibility index (Phi) is 24.5. The number of anilines is 6. The van der Waals surface area contributed by atoms with E-state index in [0.29, 0.717) is 130 Å². The molecule has 127 heavy (non-hydrogen) atoms. The minimum absolute atomic E-state index is 0. The van der Waals surface area contributed by atoms with E-state index in [-0.39, 0.29) is 115 Å². The first kappa shape index (κ1) is 85.8. The van der Waals surface area contributed by atoms with Gasteiger partial charge in [-0.05, 0) is 167 Å². The Morgan fingerprint density at radius 3 is 1.02 bits per heavy atom. The Morgan fingerprint density at radius 1 is 0.394 bits per heavy atom. The van der Waals surface area contributed by atoms with Gasteiger partial charge in [-0.3, -0.25) is 73.1 Å². The number of nitrogens with zero attached hydrogens (tertiary/aromatic N) is 11. The third kappa shape index (κ3) is 17.1. The summed E-state index contributed by atoms with van der Waals surface area (Å²) in [5.74, 6) is -0.203. The number of methoxy groups -OCH3 is 2. The van der Waals surface area contributed by atoms with Gasteiger partial charge in [-0.1, -0.05) is 87.6 Å². The lowest BCUT2D eigenvalue weighted by atomic mass is 10.1. The molecular weight excluding hydrogens is 1610 g/mol. The van der Waals surface area contributed by atoms with Gasteiger partial charge in [0.2, 0.25) is 0 Å². The van der Waals surface area contributed by atoms with Gasteiger partial charge in [0.1, 0.15) is 37.9 Å². The zero-order valence-corrected chi connectivity index (χ0v) is 69.7. The van der Waals surface area contributed by atoms with Crippen molar-refractivity contribution < 1.29 is 76.7 Å². The van der Waals surface area contributed by atoms with Crippen molar-refractivity contribution in [2.24, 2.45) is 20.0 Å². The summed E-state index contributed by atoms with van der Waals surface area (Å²) in [6.45, 7) is 5.45. The second kappa shape index (κ2) is 36.2. The first-order chi connectivity index (χ1) is 60.7. The summed E-state index contributed by atoms with van der Waals surface area (Å²) in [6.07, 6.45) is 11.1. The van der Waals surface area contributed by atoms with E-state index in [1.165, 1.54) is 7.11 Å². The molecule has 1 N–H and O–H groups in total. The monoisotopic (exact) mass is 1710 g/mol. The molecule has 0 unspecified atom stereocenters. The third-order valence-electron chi connectivity index (χ3n) is 24.0. The lowest BCUT2D eigenvalue weighted by Gasteiger charge is -2.23. The maximum atomic E-state index is 14.0. The van der Waals surface area contributed by atoms with Crippen LogP contribution in [0, 0.1) is 13.8 Å². The van der Waals surface area contributed by atoms with Gasteiger partial charge in [0, 0.05) is 162 Å². The Labute approximate surface area is 735 Å². The van der Waals surface area contributed by atoms with Crippen molar-refractivity contribution in [3.8, 4) is 34.5 Å². The molecule has 27 heteroatoms. The molecule has 10 aromatic carbocycles. The number of aliphatic carboxylic acids is 1. The third-order valence-corrected chi connectivity index (χ3v) is 24.0. The standard InChI is InChI=1S/C51H46N6O9.C47H43N5O7.2CH4/c1-30-17-38-40(52-26-36-21-33-9-4-6-11-42(33)55(36)50(38)61)24-44(30)64-28-31-18-32(20-35(19-31)54(2)16-8-13-49(60)66-57-47(58)14-15-48(57)59)29-65-46-25-41-39(23-45(46)63-3)51(62)56-37(27-53-41)22-34-10-5-7-12-43(34)56;1-28-15-36-38(48-24-34-19-31-9-4-6-11-40(31)51(34)46(36)55)22-42(28)58-26-29-16-30(18-33(17-29)50(2)14-8-13-45(53)54)27-59-44-23-39-37(21-43(44)57-3)47(56)52-35(25-49-39)20-32-10-5-7-12-41(32)52;;/h4-7,9-12,17-20,23-27,36-37H,8,13-16,21-22,28-29H2,1-3H3;4-7,9-12,15-18,21-25,34-35H,8,13-14,19-20,26-27H2,1-3H3,(H,53,54);2*1H4/t36-,37-;34-,35-;;/m00../s1. The van der Waals surface area contributed by atoms with E-state index in [1.54, 1.807) is 41.2 Å². The lowest BCUT2D eigenvalue weighted by Crippen LogP contribution is -2.37. The van der Waals surface area contributed by atoms with Crippen molar-refractivity contribution in [1.29, 1.82) is 0 Å². The van der Waals surface area contributed by atoms with E-state index in [4.69, 9.17) is 53.2 Å².